The van der Waals surface area contributed by atoms with Gasteiger partial charge in [0.1, 0.15) is 11.4 Å². The highest BCUT2D eigenvalue weighted by Crippen LogP contribution is 2.24. The molecule has 0 saturated heterocycles. The van der Waals surface area contributed by atoms with Crippen LogP contribution in [0.2, 0.25) is 0 Å². The number of pyridine rings is 1. The van der Waals surface area contributed by atoms with E-state index in [0.717, 1.165) is 11.3 Å². The van der Waals surface area contributed by atoms with E-state index in [1.165, 1.54) is 6.07 Å². The van der Waals surface area contributed by atoms with Crippen LogP contribution in [0.25, 0.3) is 11.1 Å². The van der Waals surface area contributed by atoms with Crippen molar-refractivity contribution in [3.63, 3.8) is 0 Å². The minimum Gasteiger partial charge on any atom is -0.477 e. The van der Waals surface area contributed by atoms with Gasteiger partial charge in [0.2, 0.25) is 0 Å². The number of benzene rings is 1. The quantitative estimate of drug-likeness (QED) is 0.885. The fourth-order valence-corrected chi connectivity index (χ4v) is 2.13. The minimum absolute atomic E-state index is 0.0958. The molecular weight excluding hydrogens is 294 g/mol. The van der Waals surface area contributed by atoms with Gasteiger partial charge < -0.3 is 15.3 Å². The van der Waals surface area contributed by atoms with Gasteiger partial charge in [0.25, 0.3) is 5.91 Å². The van der Waals surface area contributed by atoms with Crippen molar-refractivity contribution in [1.82, 2.24) is 10.3 Å². The van der Waals surface area contributed by atoms with Crippen LogP contribution in [-0.4, -0.2) is 42.6 Å². The van der Waals surface area contributed by atoms with Crippen LogP contribution in [0.3, 0.4) is 0 Å². The molecule has 23 heavy (non-hydrogen) atoms. The standard InChI is InChI=1S/C17H19N3O3/c1-4-18-16(21)14-9-12(10-15(19-14)17(22)23)11-5-7-13(8-6-11)20(2)3/h5-10H,4H2,1-3H3,(H,18,21)(H,22,23). The number of hydrogen-bond donors (Lipinski definition) is 2. The number of rotatable bonds is 5. The Bertz CT molecular complexity index is 724. The summed E-state index contributed by atoms with van der Waals surface area (Å²) < 4.78 is 0. The molecule has 0 aliphatic rings. The molecule has 0 atom stereocenters. The minimum atomic E-state index is -1.16. The molecule has 0 radical (unpaired) electrons. The SMILES string of the molecule is CCNC(=O)c1cc(-c2ccc(N(C)C)cc2)cc(C(=O)O)n1. The van der Waals surface area contributed by atoms with Crippen LogP contribution in [0.15, 0.2) is 36.4 Å². The van der Waals surface area contributed by atoms with Gasteiger partial charge in [-0.2, -0.15) is 0 Å². The highest BCUT2D eigenvalue weighted by atomic mass is 16.4. The van der Waals surface area contributed by atoms with Crippen molar-refractivity contribution in [3.05, 3.63) is 47.8 Å². The van der Waals surface area contributed by atoms with Gasteiger partial charge in [-0.15, -0.1) is 0 Å². The predicted molar refractivity (Wildman–Crippen MR) is 89.0 cm³/mol. The largest absolute Gasteiger partial charge is 0.477 e. The second-order valence-electron chi connectivity index (χ2n) is 5.23. The van der Waals surface area contributed by atoms with Gasteiger partial charge in [0.15, 0.2) is 0 Å². The topological polar surface area (TPSA) is 82.5 Å². The molecule has 6 nitrogen and oxygen atoms in total. The first-order chi connectivity index (χ1) is 10.9. The maximum absolute atomic E-state index is 12.0. The van der Waals surface area contributed by atoms with Gasteiger partial charge in [-0.05, 0) is 42.3 Å². The van der Waals surface area contributed by atoms with Crippen LogP contribution in [-0.2, 0) is 0 Å². The highest BCUT2D eigenvalue weighted by molar-refractivity contribution is 5.96. The molecule has 120 valence electrons. The van der Waals surface area contributed by atoms with E-state index in [2.05, 4.69) is 10.3 Å². The monoisotopic (exact) mass is 313 g/mol. The molecule has 1 amide bonds. The average Bonchev–Trinajstić information content (AvgIpc) is 2.54. The number of carboxylic acids is 1. The third kappa shape index (κ3) is 3.85. The summed E-state index contributed by atoms with van der Waals surface area (Å²) in [5.74, 6) is -1.55. The molecular formula is C17H19N3O3. The van der Waals surface area contributed by atoms with Crippen LogP contribution < -0.4 is 10.2 Å². The van der Waals surface area contributed by atoms with E-state index in [-0.39, 0.29) is 17.3 Å². The lowest BCUT2D eigenvalue weighted by Crippen LogP contribution is -2.24. The summed E-state index contributed by atoms with van der Waals surface area (Å²) >= 11 is 0. The highest BCUT2D eigenvalue weighted by Gasteiger charge is 2.14. The van der Waals surface area contributed by atoms with Crippen molar-refractivity contribution < 1.29 is 14.7 Å². The molecule has 0 aliphatic heterocycles. The fraction of sp³-hybridized carbons (Fsp3) is 0.235. The van der Waals surface area contributed by atoms with Crippen molar-refractivity contribution in [3.8, 4) is 11.1 Å². The smallest absolute Gasteiger partial charge is 0.354 e. The van der Waals surface area contributed by atoms with E-state index in [0.29, 0.717) is 12.1 Å². The van der Waals surface area contributed by atoms with Crippen molar-refractivity contribution >= 4 is 17.6 Å². The van der Waals surface area contributed by atoms with E-state index in [4.69, 9.17) is 0 Å². The summed E-state index contributed by atoms with van der Waals surface area (Å²) in [6.45, 7) is 2.24. The Hall–Kier alpha value is -2.89. The van der Waals surface area contributed by atoms with Crippen molar-refractivity contribution in [2.75, 3.05) is 25.5 Å². The molecule has 2 aromatic rings. The Labute approximate surface area is 134 Å². The molecule has 0 fully saturated rings. The molecule has 2 N–H and O–H groups in total. The van der Waals surface area contributed by atoms with Crippen LogP contribution in [0.4, 0.5) is 5.69 Å². The maximum atomic E-state index is 12.0. The van der Waals surface area contributed by atoms with Gasteiger partial charge >= 0.3 is 5.97 Å². The van der Waals surface area contributed by atoms with Crippen molar-refractivity contribution in [2.45, 2.75) is 6.92 Å². The number of nitrogens with zero attached hydrogens (tertiary/aromatic N) is 2. The lowest BCUT2D eigenvalue weighted by Gasteiger charge is -2.13. The van der Waals surface area contributed by atoms with Gasteiger partial charge in [-0.3, -0.25) is 4.79 Å². The molecule has 1 aromatic carbocycles. The summed E-state index contributed by atoms with van der Waals surface area (Å²) in [6.07, 6.45) is 0. The zero-order valence-corrected chi connectivity index (χ0v) is 13.3. The summed E-state index contributed by atoms with van der Waals surface area (Å²) in [5.41, 5.74) is 2.44. The van der Waals surface area contributed by atoms with Crippen molar-refractivity contribution in [1.29, 1.82) is 0 Å². The van der Waals surface area contributed by atoms with Crippen LogP contribution in [0.5, 0.6) is 0 Å². The second kappa shape index (κ2) is 6.91. The number of carbonyl (C=O) groups excluding carboxylic acids is 1. The summed E-state index contributed by atoms with van der Waals surface area (Å²) in [7, 11) is 3.88. The lowest BCUT2D eigenvalue weighted by molar-refractivity contribution is 0.0690. The molecule has 2 rings (SSSR count). The zero-order chi connectivity index (χ0) is 17.0. The third-order valence-electron chi connectivity index (χ3n) is 3.33. The number of carbonyl (C=O) groups is 2. The second-order valence-corrected chi connectivity index (χ2v) is 5.23. The number of amides is 1. The Morgan fingerprint density at radius 3 is 2.22 bits per heavy atom. The maximum Gasteiger partial charge on any atom is 0.354 e. The normalized spacial score (nSPS) is 10.2. The van der Waals surface area contributed by atoms with E-state index in [1.54, 1.807) is 13.0 Å². The van der Waals surface area contributed by atoms with Gasteiger partial charge in [-0.1, -0.05) is 12.1 Å². The number of anilines is 1. The Kier molecular flexibility index (Phi) is 4.95. The van der Waals surface area contributed by atoms with Gasteiger partial charge in [0.05, 0.1) is 0 Å². The first-order valence-electron chi connectivity index (χ1n) is 7.23. The van der Waals surface area contributed by atoms with Gasteiger partial charge in [-0.25, -0.2) is 9.78 Å². The Balaban J connectivity index is 2.48. The summed E-state index contributed by atoms with van der Waals surface area (Å²) in [5, 5.41) is 11.8. The van der Waals surface area contributed by atoms with E-state index < -0.39 is 5.97 Å². The predicted octanol–water partition coefficient (Wildman–Crippen LogP) is 2.26. The average molecular weight is 313 g/mol. The molecule has 0 saturated carbocycles. The van der Waals surface area contributed by atoms with Crippen molar-refractivity contribution in [2.24, 2.45) is 0 Å². The molecule has 0 spiro atoms. The number of carboxylic acid groups (broad SMARTS) is 1. The number of aromatic nitrogens is 1. The zero-order valence-electron chi connectivity index (χ0n) is 13.3. The fourth-order valence-electron chi connectivity index (χ4n) is 2.13. The Morgan fingerprint density at radius 2 is 1.70 bits per heavy atom. The van der Waals surface area contributed by atoms with Crippen LogP contribution >= 0.6 is 0 Å². The molecule has 0 unspecified atom stereocenters. The van der Waals surface area contributed by atoms with Crippen LogP contribution in [0, 0.1) is 0 Å². The summed E-state index contributed by atoms with van der Waals surface area (Å²) in [6, 6.07) is 10.7. The Morgan fingerprint density at radius 1 is 1.09 bits per heavy atom. The molecule has 0 bridgehead atoms. The van der Waals surface area contributed by atoms with E-state index in [1.807, 2.05) is 43.3 Å². The van der Waals surface area contributed by atoms with Crippen LogP contribution in [0.1, 0.15) is 27.9 Å². The first kappa shape index (κ1) is 16.5. The summed E-state index contributed by atoms with van der Waals surface area (Å²) in [4.78, 5) is 29.1. The third-order valence-corrected chi connectivity index (χ3v) is 3.33. The molecule has 1 aromatic heterocycles. The molecule has 6 heteroatoms. The van der Waals surface area contributed by atoms with E-state index >= 15 is 0 Å². The van der Waals surface area contributed by atoms with E-state index in [9.17, 15) is 14.7 Å². The first-order valence-corrected chi connectivity index (χ1v) is 7.23. The number of hydrogen-bond acceptors (Lipinski definition) is 4. The van der Waals surface area contributed by atoms with Gasteiger partial charge in [0, 0.05) is 26.3 Å². The molecule has 1 heterocycles. The number of nitrogens with one attached hydrogen (secondary N) is 1. The molecule has 0 aliphatic carbocycles. The number of aromatic carboxylic acids is 1. The lowest BCUT2D eigenvalue weighted by atomic mass is 10.0.